The molecule has 1 saturated heterocycles. The summed E-state index contributed by atoms with van der Waals surface area (Å²) in [6, 6.07) is 2.24. The average molecular weight is 790 g/mol. The molecular weight excluding hydrogens is 715 g/mol. The van der Waals surface area contributed by atoms with E-state index in [0.29, 0.717) is 39.3 Å². The van der Waals surface area contributed by atoms with E-state index in [2.05, 4.69) is 58.9 Å². The lowest BCUT2D eigenvalue weighted by Crippen LogP contribution is -2.37. The standard InChI is InChI=1S/C33H75N3O6S3Si3/c1-46(2,3)31-28-43(37,38)34-22-16-10-12-18-24-35(44(39,40)29-32-47(4,5)6)26-20-14-15-21-27-36(25-19-13-11-17-23-34)45(41,42)30-33-48(7,8)9/h10-33H2,1-9H3. The highest BCUT2D eigenvalue weighted by atomic mass is 32.2. The van der Waals surface area contributed by atoms with Gasteiger partial charge in [0.15, 0.2) is 0 Å². The van der Waals surface area contributed by atoms with Crippen molar-refractivity contribution in [2.24, 2.45) is 0 Å². The second-order valence-electron chi connectivity index (χ2n) is 17.8. The Kier molecular flexibility index (Phi) is 20.5. The molecule has 15 heteroatoms. The summed E-state index contributed by atoms with van der Waals surface area (Å²) in [6.45, 7) is 22.9. The molecule has 0 N–H and O–H groups in total. The van der Waals surface area contributed by atoms with E-state index in [9.17, 15) is 25.3 Å². The van der Waals surface area contributed by atoms with Crippen LogP contribution in [0.15, 0.2) is 0 Å². The molecule has 0 amide bonds. The van der Waals surface area contributed by atoms with E-state index in [-0.39, 0.29) is 17.3 Å². The first-order valence-electron chi connectivity index (χ1n) is 18.9. The molecule has 0 spiro atoms. The topological polar surface area (TPSA) is 112 Å². The van der Waals surface area contributed by atoms with Crippen LogP contribution in [-0.4, -0.2) is 119 Å². The van der Waals surface area contributed by atoms with Crippen molar-refractivity contribution in [1.82, 2.24) is 12.9 Å². The fraction of sp³-hybridized carbons (Fsp3) is 1.00. The molecule has 0 radical (unpaired) electrons. The minimum Gasteiger partial charge on any atom is -0.212 e. The largest absolute Gasteiger partial charge is 0.213 e. The third-order valence-corrected chi connectivity index (χ3v) is 21.2. The van der Waals surface area contributed by atoms with E-state index in [0.717, 1.165) is 95.2 Å². The van der Waals surface area contributed by atoms with E-state index in [4.69, 9.17) is 0 Å². The average Bonchev–Trinajstić information content (AvgIpc) is 2.94. The highest BCUT2D eigenvalue weighted by Crippen LogP contribution is 2.20. The van der Waals surface area contributed by atoms with Crippen molar-refractivity contribution in [3.63, 3.8) is 0 Å². The van der Waals surface area contributed by atoms with Crippen molar-refractivity contribution >= 4 is 54.3 Å². The number of rotatable bonds is 12. The molecule has 0 bridgehead atoms. The van der Waals surface area contributed by atoms with Crippen LogP contribution in [-0.2, 0) is 30.1 Å². The number of nitrogens with zero attached hydrogens (tertiary/aromatic N) is 3. The lowest BCUT2D eigenvalue weighted by Gasteiger charge is -2.25. The van der Waals surface area contributed by atoms with Crippen LogP contribution >= 0.6 is 0 Å². The Hall–Kier alpha value is 0.381. The van der Waals surface area contributed by atoms with Crippen LogP contribution < -0.4 is 0 Å². The van der Waals surface area contributed by atoms with Crippen molar-refractivity contribution < 1.29 is 25.3 Å². The smallest absolute Gasteiger partial charge is 0.212 e. The highest BCUT2D eigenvalue weighted by molar-refractivity contribution is 7.89. The van der Waals surface area contributed by atoms with Crippen LogP contribution in [0.3, 0.4) is 0 Å². The summed E-state index contributed by atoms with van der Waals surface area (Å²) in [4.78, 5) is 0. The van der Waals surface area contributed by atoms with Crippen LogP contribution in [0.5, 0.6) is 0 Å². The summed E-state index contributed by atoms with van der Waals surface area (Å²) in [6.07, 6.45) is 9.94. The van der Waals surface area contributed by atoms with Crippen LogP contribution in [0.1, 0.15) is 77.0 Å². The number of hydrogen-bond donors (Lipinski definition) is 0. The van der Waals surface area contributed by atoms with Gasteiger partial charge in [0.2, 0.25) is 30.1 Å². The first kappa shape index (κ1) is 46.4. The third kappa shape index (κ3) is 21.7. The Morgan fingerprint density at radius 3 is 0.646 bits per heavy atom. The second kappa shape index (κ2) is 21.2. The number of hydrogen-bond acceptors (Lipinski definition) is 6. The van der Waals surface area contributed by atoms with Gasteiger partial charge in [0, 0.05) is 63.5 Å². The van der Waals surface area contributed by atoms with E-state index < -0.39 is 54.3 Å². The minimum atomic E-state index is -3.35. The maximum Gasteiger partial charge on any atom is 0.213 e. The molecule has 0 aromatic heterocycles. The Morgan fingerprint density at radius 1 is 0.333 bits per heavy atom. The Labute approximate surface area is 301 Å². The maximum atomic E-state index is 13.4. The van der Waals surface area contributed by atoms with E-state index in [1.165, 1.54) is 0 Å². The molecule has 9 nitrogen and oxygen atoms in total. The lowest BCUT2D eigenvalue weighted by atomic mass is 10.1. The summed E-state index contributed by atoms with van der Waals surface area (Å²) in [5, 5.41) is 0. The zero-order valence-corrected chi connectivity index (χ0v) is 37.9. The third-order valence-electron chi connectivity index (χ3n) is 9.21. The second-order valence-corrected chi connectivity index (χ2v) is 40.9. The Morgan fingerprint density at radius 2 is 0.500 bits per heavy atom. The molecule has 288 valence electrons. The number of sulfonamides is 3. The minimum absolute atomic E-state index is 0.206. The van der Waals surface area contributed by atoms with Gasteiger partial charge in [0.1, 0.15) is 0 Å². The van der Waals surface area contributed by atoms with Gasteiger partial charge < -0.3 is 0 Å². The van der Waals surface area contributed by atoms with Gasteiger partial charge in [-0.05, 0) is 56.7 Å². The molecule has 48 heavy (non-hydrogen) atoms. The maximum absolute atomic E-state index is 13.4. The SMILES string of the molecule is C[Si](C)(C)CCS(=O)(=O)N1CCCCCCN(S(=O)(=O)CC[Si](C)(C)C)CCCCCCN(S(=O)(=O)CC[Si](C)(C)C)CCCCCC1. The summed E-state index contributed by atoms with van der Waals surface area (Å²) in [5.41, 5.74) is 0. The van der Waals surface area contributed by atoms with Gasteiger partial charge in [-0.3, -0.25) is 0 Å². The molecule has 1 aliphatic heterocycles. The summed E-state index contributed by atoms with van der Waals surface area (Å²) >= 11 is 0. The van der Waals surface area contributed by atoms with E-state index in [1.807, 2.05) is 0 Å². The summed E-state index contributed by atoms with van der Waals surface area (Å²) < 4.78 is 85.7. The molecule has 0 aromatic carbocycles. The molecular formula is C33H75N3O6S3Si3. The normalized spacial score (nSPS) is 20.7. The zero-order valence-electron chi connectivity index (χ0n) is 32.5. The van der Waals surface area contributed by atoms with Gasteiger partial charge in [-0.1, -0.05) is 97.4 Å². The monoisotopic (exact) mass is 789 g/mol. The fourth-order valence-corrected chi connectivity index (χ4v) is 19.3. The predicted molar refractivity (Wildman–Crippen MR) is 216 cm³/mol. The fourth-order valence-electron chi connectivity index (χ4n) is 5.65. The van der Waals surface area contributed by atoms with Gasteiger partial charge in [-0.2, -0.15) is 0 Å². The van der Waals surface area contributed by atoms with Crippen molar-refractivity contribution in [3.05, 3.63) is 0 Å². The summed E-state index contributed by atoms with van der Waals surface area (Å²) in [5.74, 6) is 0.617. The Bertz CT molecular complexity index is 1050. The molecule has 1 rings (SSSR count). The van der Waals surface area contributed by atoms with Gasteiger partial charge in [0.05, 0.1) is 17.3 Å². The van der Waals surface area contributed by atoms with Crippen LogP contribution in [0, 0.1) is 0 Å². The van der Waals surface area contributed by atoms with Crippen LogP contribution in [0.2, 0.25) is 77.1 Å². The quantitative estimate of drug-likeness (QED) is 0.189. The van der Waals surface area contributed by atoms with Crippen molar-refractivity contribution in [2.45, 2.75) is 154 Å². The van der Waals surface area contributed by atoms with Crippen molar-refractivity contribution in [1.29, 1.82) is 0 Å². The molecule has 0 atom stereocenters. The van der Waals surface area contributed by atoms with Crippen molar-refractivity contribution in [2.75, 3.05) is 56.5 Å². The van der Waals surface area contributed by atoms with Gasteiger partial charge >= 0.3 is 0 Å². The van der Waals surface area contributed by atoms with Crippen LogP contribution in [0.25, 0.3) is 0 Å². The van der Waals surface area contributed by atoms with Gasteiger partial charge in [-0.15, -0.1) is 0 Å². The first-order chi connectivity index (χ1) is 21.9. The molecule has 1 aliphatic rings. The molecule has 1 fully saturated rings. The summed E-state index contributed by atoms with van der Waals surface area (Å²) in [7, 11) is -14.6. The predicted octanol–water partition coefficient (Wildman–Crippen LogP) is 7.59. The van der Waals surface area contributed by atoms with E-state index in [1.54, 1.807) is 12.9 Å². The lowest BCUT2D eigenvalue weighted by molar-refractivity contribution is 0.371. The molecule has 0 unspecified atom stereocenters. The molecule has 0 saturated carbocycles. The highest BCUT2D eigenvalue weighted by Gasteiger charge is 2.28. The van der Waals surface area contributed by atoms with Gasteiger partial charge in [0.25, 0.3) is 0 Å². The molecule has 0 aromatic rings. The van der Waals surface area contributed by atoms with Crippen LogP contribution in [0.4, 0.5) is 0 Å². The zero-order chi connectivity index (χ0) is 36.7. The molecule has 1 heterocycles. The van der Waals surface area contributed by atoms with Crippen molar-refractivity contribution in [3.8, 4) is 0 Å². The van der Waals surface area contributed by atoms with E-state index >= 15 is 0 Å². The molecule has 0 aliphatic carbocycles. The Balaban J connectivity index is 3.10. The van der Waals surface area contributed by atoms with Gasteiger partial charge in [-0.25, -0.2) is 38.2 Å². The first-order valence-corrected chi connectivity index (χ1v) is 34.8.